The van der Waals surface area contributed by atoms with E-state index in [0.29, 0.717) is 28.1 Å². The van der Waals surface area contributed by atoms with Crippen LogP contribution in [0.4, 0.5) is 5.69 Å². The topological polar surface area (TPSA) is 46.3 Å². The number of nitrogen functional groups attached to an aromatic ring is 1. The van der Waals surface area contributed by atoms with E-state index in [1.54, 1.807) is 18.2 Å². The molecule has 110 valence electrons. The lowest BCUT2D eigenvalue weighted by Gasteiger charge is -2.22. The van der Waals surface area contributed by atoms with Gasteiger partial charge < -0.3 is 10.6 Å². The lowest BCUT2D eigenvalue weighted by atomic mass is 9.89. The molecule has 0 aromatic heterocycles. The molecular formula is C16H23ClN2O. The van der Waals surface area contributed by atoms with Gasteiger partial charge in [-0.2, -0.15) is 0 Å². The van der Waals surface area contributed by atoms with Crippen molar-refractivity contribution >= 4 is 23.2 Å². The van der Waals surface area contributed by atoms with Gasteiger partial charge in [0.1, 0.15) is 0 Å². The third-order valence-electron chi connectivity index (χ3n) is 4.29. The summed E-state index contributed by atoms with van der Waals surface area (Å²) in [6.07, 6.45) is 3.34. The van der Waals surface area contributed by atoms with E-state index in [9.17, 15) is 4.79 Å². The second-order valence-electron chi connectivity index (χ2n) is 5.93. The molecule has 1 unspecified atom stereocenters. The molecule has 1 atom stereocenters. The molecule has 4 heteroatoms. The predicted octanol–water partition coefficient (Wildman–Crippen LogP) is 3.82. The summed E-state index contributed by atoms with van der Waals surface area (Å²) in [5, 5.41) is 0.450. The summed E-state index contributed by atoms with van der Waals surface area (Å²) in [7, 11) is 0. The second kappa shape index (κ2) is 6.49. The van der Waals surface area contributed by atoms with Crippen molar-refractivity contribution < 1.29 is 4.79 Å². The van der Waals surface area contributed by atoms with E-state index in [-0.39, 0.29) is 5.91 Å². The average Bonchev–Trinajstić information content (AvgIpc) is 2.67. The minimum absolute atomic E-state index is 0.00871. The Hall–Kier alpha value is -1.22. The van der Waals surface area contributed by atoms with E-state index < -0.39 is 0 Å². The zero-order valence-electron chi connectivity index (χ0n) is 12.2. The van der Waals surface area contributed by atoms with Crippen molar-refractivity contribution in [1.29, 1.82) is 0 Å². The highest BCUT2D eigenvalue weighted by Crippen LogP contribution is 2.27. The Bertz CT molecular complexity index is 487. The molecule has 20 heavy (non-hydrogen) atoms. The van der Waals surface area contributed by atoms with E-state index in [1.165, 1.54) is 6.42 Å². The summed E-state index contributed by atoms with van der Waals surface area (Å²) in [6, 6.07) is 5.25. The van der Waals surface area contributed by atoms with Gasteiger partial charge in [0, 0.05) is 13.1 Å². The smallest absolute Gasteiger partial charge is 0.255 e. The van der Waals surface area contributed by atoms with Gasteiger partial charge in [-0.25, -0.2) is 0 Å². The van der Waals surface area contributed by atoms with Crippen molar-refractivity contribution in [3.63, 3.8) is 0 Å². The maximum Gasteiger partial charge on any atom is 0.255 e. The fourth-order valence-corrected chi connectivity index (χ4v) is 3.06. The fraction of sp³-hybridized carbons (Fsp3) is 0.562. The molecule has 2 N–H and O–H groups in total. The number of hydrogen-bond acceptors (Lipinski definition) is 2. The van der Waals surface area contributed by atoms with Gasteiger partial charge >= 0.3 is 0 Å². The summed E-state index contributed by atoms with van der Waals surface area (Å²) >= 11 is 6.00. The summed E-state index contributed by atoms with van der Waals surface area (Å²) in [5.41, 5.74) is 6.85. The van der Waals surface area contributed by atoms with E-state index in [2.05, 4.69) is 13.8 Å². The van der Waals surface area contributed by atoms with Gasteiger partial charge in [-0.3, -0.25) is 4.79 Å². The number of carbonyl (C=O) groups excluding carboxylic acids is 1. The van der Waals surface area contributed by atoms with Crippen LogP contribution in [0.25, 0.3) is 0 Å². The minimum Gasteiger partial charge on any atom is -0.397 e. The molecule has 2 rings (SSSR count). The van der Waals surface area contributed by atoms with Crippen LogP contribution in [0.15, 0.2) is 18.2 Å². The predicted molar refractivity (Wildman–Crippen MR) is 83.9 cm³/mol. The lowest BCUT2D eigenvalue weighted by molar-refractivity contribution is 0.0760. The van der Waals surface area contributed by atoms with Gasteiger partial charge in [-0.15, -0.1) is 0 Å². The highest BCUT2D eigenvalue weighted by atomic mass is 35.5. The first kappa shape index (κ1) is 15.2. The molecule has 1 fully saturated rings. The number of amides is 1. The van der Waals surface area contributed by atoms with Gasteiger partial charge in [0.25, 0.3) is 5.91 Å². The summed E-state index contributed by atoms with van der Waals surface area (Å²) in [5.74, 6) is 1.40. The van der Waals surface area contributed by atoms with Gasteiger partial charge in [-0.05, 0) is 43.2 Å². The number of nitrogens with two attached hydrogens (primary N) is 1. The van der Waals surface area contributed by atoms with Gasteiger partial charge in [0.2, 0.25) is 0 Å². The summed E-state index contributed by atoms with van der Waals surface area (Å²) in [6.45, 7) is 6.15. The largest absolute Gasteiger partial charge is 0.397 e. The number of likely N-dealkylation sites (tertiary alicyclic amines) is 1. The SMILES string of the molecule is CC(C)C1CCCN(C(=O)c2cccc(Cl)c2N)CC1. The minimum atomic E-state index is 0.00871. The van der Waals surface area contributed by atoms with Crippen molar-refractivity contribution in [2.75, 3.05) is 18.8 Å². The van der Waals surface area contributed by atoms with Crippen LogP contribution in [0.2, 0.25) is 5.02 Å². The van der Waals surface area contributed by atoms with Gasteiger partial charge in [-0.1, -0.05) is 31.5 Å². The van der Waals surface area contributed by atoms with Crippen LogP contribution in [0.1, 0.15) is 43.5 Å². The van der Waals surface area contributed by atoms with Crippen LogP contribution < -0.4 is 5.73 Å². The number of carbonyl (C=O) groups is 1. The summed E-state index contributed by atoms with van der Waals surface area (Å²) < 4.78 is 0. The number of halogens is 1. The molecule has 1 aromatic carbocycles. The van der Waals surface area contributed by atoms with Crippen LogP contribution in [-0.2, 0) is 0 Å². The van der Waals surface area contributed by atoms with Crippen molar-refractivity contribution in [2.24, 2.45) is 11.8 Å². The second-order valence-corrected chi connectivity index (χ2v) is 6.34. The molecule has 0 spiro atoms. The van der Waals surface area contributed by atoms with Crippen LogP contribution in [0.3, 0.4) is 0 Å². The highest BCUT2D eigenvalue weighted by Gasteiger charge is 2.24. The number of para-hydroxylation sites is 1. The molecule has 0 bridgehead atoms. The van der Waals surface area contributed by atoms with E-state index in [0.717, 1.165) is 25.9 Å². The number of hydrogen-bond donors (Lipinski definition) is 1. The molecule has 1 heterocycles. The normalized spacial score (nSPS) is 20.0. The van der Waals surface area contributed by atoms with Crippen molar-refractivity contribution in [3.05, 3.63) is 28.8 Å². The average molecular weight is 295 g/mol. The quantitative estimate of drug-likeness (QED) is 0.843. The molecule has 1 aliphatic rings. The first-order chi connectivity index (χ1) is 9.50. The highest BCUT2D eigenvalue weighted by molar-refractivity contribution is 6.33. The van der Waals surface area contributed by atoms with Crippen LogP contribution in [-0.4, -0.2) is 23.9 Å². The van der Waals surface area contributed by atoms with Crippen molar-refractivity contribution in [1.82, 2.24) is 4.90 Å². The zero-order valence-corrected chi connectivity index (χ0v) is 13.0. The molecule has 0 aliphatic carbocycles. The number of anilines is 1. The summed E-state index contributed by atoms with van der Waals surface area (Å²) in [4.78, 5) is 14.5. The van der Waals surface area contributed by atoms with Crippen LogP contribution >= 0.6 is 11.6 Å². The Morgan fingerprint density at radius 1 is 1.35 bits per heavy atom. The third-order valence-corrected chi connectivity index (χ3v) is 4.62. The third kappa shape index (κ3) is 3.26. The van der Waals surface area contributed by atoms with E-state index in [4.69, 9.17) is 17.3 Å². The molecule has 0 saturated carbocycles. The Kier molecular flexibility index (Phi) is 4.92. The lowest BCUT2D eigenvalue weighted by Crippen LogP contribution is -2.32. The molecule has 3 nitrogen and oxygen atoms in total. The van der Waals surface area contributed by atoms with Crippen LogP contribution in [0.5, 0.6) is 0 Å². The fourth-order valence-electron chi connectivity index (χ4n) is 2.89. The molecule has 1 aromatic rings. The maximum atomic E-state index is 12.6. The van der Waals surface area contributed by atoms with E-state index in [1.807, 2.05) is 4.90 Å². The Balaban J connectivity index is 2.11. The molecular weight excluding hydrogens is 272 g/mol. The monoisotopic (exact) mass is 294 g/mol. The molecule has 1 saturated heterocycles. The first-order valence-corrected chi connectivity index (χ1v) is 7.71. The van der Waals surface area contributed by atoms with Crippen LogP contribution in [0, 0.1) is 11.8 Å². The Labute approximate surface area is 126 Å². The molecule has 0 radical (unpaired) electrons. The Morgan fingerprint density at radius 3 is 2.80 bits per heavy atom. The Morgan fingerprint density at radius 2 is 2.10 bits per heavy atom. The van der Waals surface area contributed by atoms with E-state index >= 15 is 0 Å². The standard InChI is InChI=1S/C16H23ClN2O/c1-11(2)12-5-4-9-19(10-8-12)16(20)13-6-3-7-14(17)15(13)18/h3,6-7,11-12H,4-5,8-10,18H2,1-2H3. The number of benzene rings is 1. The van der Waals surface area contributed by atoms with Crippen molar-refractivity contribution in [3.8, 4) is 0 Å². The molecule has 1 aliphatic heterocycles. The number of nitrogens with zero attached hydrogens (tertiary/aromatic N) is 1. The van der Waals surface area contributed by atoms with Gasteiger partial charge in [0.05, 0.1) is 16.3 Å². The maximum absolute atomic E-state index is 12.6. The van der Waals surface area contributed by atoms with Crippen molar-refractivity contribution in [2.45, 2.75) is 33.1 Å². The zero-order chi connectivity index (χ0) is 14.7. The molecule has 1 amide bonds. The number of rotatable bonds is 2. The van der Waals surface area contributed by atoms with Gasteiger partial charge in [0.15, 0.2) is 0 Å². The first-order valence-electron chi connectivity index (χ1n) is 7.34.